The Balaban J connectivity index is 0.00000288. The Hall–Kier alpha value is 1.04. The summed E-state index contributed by atoms with van der Waals surface area (Å²) in [7, 11) is 0. The van der Waals surface area contributed by atoms with E-state index in [1.165, 1.54) is 0 Å². The second-order valence-electron chi connectivity index (χ2n) is 5.56. The van der Waals surface area contributed by atoms with Crippen LogP contribution in [0.4, 0.5) is 0 Å². The van der Waals surface area contributed by atoms with Crippen molar-refractivity contribution < 1.29 is 102 Å². The molecule has 0 aromatic heterocycles. The van der Waals surface area contributed by atoms with Gasteiger partial charge in [-0.2, -0.15) is 0 Å². The number of rotatable bonds is 5. The molecule has 2 aliphatic heterocycles. The summed E-state index contributed by atoms with van der Waals surface area (Å²) >= 11 is 0. The predicted molar refractivity (Wildman–Crippen MR) is 68.6 cm³/mol. The second kappa shape index (κ2) is 10.5. The Morgan fingerprint density at radius 1 is 0.800 bits per heavy atom. The maximum Gasteiger partial charge on any atom is 1.00 e. The van der Waals surface area contributed by atoms with Gasteiger partial charge in [0.2, 0.25) is 5.79 Å². The third-order valence-corrected chi connectivity index (χ3v) is 4.07. The van der Waals surface area contributed by atoms with Gasteiger partial charge in [-0.1, -0.05) is 0 Å². The molecule has 2 fully saturated rings. The van der Waals surface area contributed by atoms with E-state index in [-0.39, 0.29) is 46.5 Å². The van der Waals surface area contributed by atoms with E-state index in [0.29, 0.717) is 0 Å². The predicted octanol–water partition coefficient (Wildman–Crippen LogP) is -11.4. The molecule has 0 radical (unpaired) electrons. The Labute approximate surface area is 175 Å². The van der Waals surface area contributed by atoms with Crippen molar-refractivity contribution in [2.75, 3.05) is 19.8 Å². The topological polar surface area (TPSA) is 190 Å². The summed E-state index contributed by atoms with van der Waals surface area (Å²) in [5.41, 5.74) is 0. The quantitative estimate of drug-likeness (QED) is 0.188. The summed E-state index contributed by atoms with van der Waals surface area (Å²) in [6, 6.07) is 0. The van der Waals surface area contributed by atoms with Crippen LogP contribution in [0.15, 0.2) is 0 Å². The average Bonchev–Trinajstić information content (AvgIpc) is 2.80. The van der Waals surface area contributed by atoms with E-state index in [0.717, 1.165) is 0 Å². The van der Waals surface area contributed by atoms with Crippen molar-refractivity contribution in [3.05, 3.63) is 0 Å². The van der Waals surface area contributed by atoms with Gasteiger partial charge in [-0.15, -0.1) is 0 Å². The minimum Gasteiger partial charge on any atom is -1.00 e. The molecule has 2 heterocycles. The first kappa shape index (κ1) is 26.0. The maximum absolute atomic E-state index is 10.00. The van der Waals surface area contributed by atoms with E-state index in [1.54, 1.807) is 0 Å². The standard InChI is InChI=1S/C12H22O11.BrH.Na/c13-1-4-6(16)8(18)9(19)11(21-4)23-12(3-15)10(20)7(17)5(2-14)22-12;;/h4-11,13-20H,1-3H2;1H;/q;;+1/p-1/t4-,5-,6-,7-,8+,9-,10+,11-,12+;;/m1../s1. The van der Waals surface area contributed by atoms with Crippen molar-refractivity contribution in [2.24, 2.45) is 0 Å². The van der Waals surface area contributed by atoms with Gasteiger partial charge in [-0.25, -0.2) is 0 Å². The van der Waals surface area contributed by atoms with Crippen molar-refractivity contribution in [1.29, 1.82) is 0 Å². The third kappa shape index (κ3) is 4.91. The molecule has 0 aromatic rings. The summed E-state index contributed by atoms with van der Waals surface area (Å²) in [6.45, 7) is -2.32. The Morgan fingerprint density at radius 2 is 1.36 bits per heavy atom. The monoisotopic (exact) mass is 444 g/mol. The SMILES string of the molecule is OC[C@H]1O[C@@](CO)(O[C@H]2O[C@H](CO)[C@@H](O)[C@H](O)[C@H]2O)[C@@H](O)[C@@H]1O.[Br-].[Na+]. The van der Waals surface area contributed by atoms with Crippen LogP contribution in [0.2, 0.25) is 0 Å². The first-order chi connectivity index (χ1) is 10.8. The largest absolute Gasteiger partial charge is 1.00 e. The van der Waals surface area contributed by atoms with Crippen LogP contribution in [0, 0.1) is 0 Å². The fourth-order valence-electron chi connectivity index (χ4n) is 2.63. The van der Waals surface area contributed by atoms with Crippen molar-refractivity contribution in [3.8, 4) is 0 Å². The molecule has 0 amide bonds. The summed E-state index contributed by atoms with van der Waals surface area (Å²) in [4.78, 5) is 0. The van der Waals surface area contributed by atoms with Crippen LogP contribution in [0.1, 0.15) is 0 Å². The molecule has 0 aromatic carbocycles. The minimum absolute atomic E-state index is 0. The third-order valence-electron chi connectivity index (χ3n) is 4.07. The first-order valence-electron chi connectivity index (χ1n) is 7.05. The van der Waals surface area contributed by atoms with Gasteiger partial charge in [0.1, 0.15) is 49.3 Å². The number of aliphatic hydroxyl groups is 8. The molecule has 0 saturated carbocycles. The fraction of sp³-hybridized carbons (Fsp3) is 1.00. The fourth-order valence-corrected chi connectivity index (χ4v) is 2.63. The first-order valence-corrected chi connectivity index (χ1v) is 7.05. The summed E-state index contributed by atoms with van der Waals surface area (Å²) in [6.07, 6.45) is -12.7. The Kier molecular flexibility index (Phi) is 11.0. The molecule has 25 heavy (non-hydrogen) atoms. The molecule has 13 heteroatoms. The zero-order valence-electron chi connectivity index (χ0n) is 13.4. The molecule has 9 atom stereocenters. The molecule has 11 nitrogen and oxygen atoms in total. The minimum atomic E-state index is -2.22. The normalized spacial score (nSPS) is 47.0. The van der Waals surface area contributed by atoms with Crippen LogP contribution in [-0.2, 0) is 14.2 Å². The smallest absolute Gasteiger partial charge is 1.00 e. The number of aliphatic hydroxyl groups excluding tert-OH is 8. The van der Waals surface area contributed by atoms with Gasteiger partial charge in [0.05, 0.1) is 13.2 Å². The van der Waals surface area contributed by atoms with Gasteiger partial charge in [0.15, 0.2) is 6.29 Å². The molecular formula is C12H22BrNaO11. The van der Waals surface area contributed by atoms with Crippen LogP contribution < -0.4 is 46.5 Å². The van der Waals surface area contributed by atoms with Crippen molar-refractivity contribution in [2.45, 2.75) is 54.8 Å². The van der Waals surface area contributed by atoms with Gasteiger partial charge in [0, 0.05) is 0 Å². The van der Waals surface area contributed by atoms with Crippen molar-refractivity contribution >= 4 is 0 Å². The molecule has 0 unspecified atom stereocenters. The molecule has 0 aliphatic carbocycles. The summed E-state index contributed by atoms with van der Waals surface area (Å²) in [5.74, 6) is -2.22. The number of halogens is 1. The van der Waals surface area contributed by atoms with Gasteiger partial charge < -0.3 is 72.0 Å². The van der Waals surface area contributed by atoms with Crippen LogP contribution in [0.3, 0.4) is 0 Å². The zero-order valence-corrected chi connectivity index (χ0v) is 17.0. The Bertz CT molecular complexity index is 405. The van der Waals surface area contributed by atoms with Gasteiger partial charge >= 0.3 is 29.6 Å². The van der Waals surface area contributed by atoms with Gasteiger partial charge in [0.25, 0.3) is 0 Å². The van der Waals surface area contributed by atoms with E-state index in [9.17, 15) is 30.6 Å². The number of ether oxygens (including phenoxy) is 3. The number of hydrogen-bond donors (Lipinski definition) is 8. The maximum atomic E-state index is 10.00. The van der Waals surface area contributed by atoms with E-state index in [1.807, 2.05) is 0 Å². The molecule has 2 aliphatic rings. The van der Waals surface area contributed by atoms with Crippen LogP contribution in [0.5, 0.6) is 0 Å². The molecule has 2 rings (SSSR count). The van der Waals surface area contributed by atoms with E-state index in [4.69, 9.17) is 24.4 Å². The van der Waals surface area contributed by atoms with Crippen LogP contribution in [0.25, 0.3) is 0 Å². The molecule has 2 saturated heterocycles. The summed E-state index contributed by atoms with van der Waals surface area (Å²) < 4.78 is 15.4. The van der Waals surface area contributed by atoms with E-state index in [2.05, 4.69) is 0 Å². The molecule has 144 valence electrons. The van der Waals surface area contributed by atoms with Crippen molar-refractivity contribution in [3.63, 3.8) is 0 Å². The Morgan fingerprint density at radius 3 is 1.80 bits per heavy atom. The molecule has 8 N–H and O–H groups in total. The molecule has 0 spiro atoms. The molecule has 0 bridgehead atoms. The van der Waals surface area contributed by atoms with Crippen LogP contribution >= 0.6 is 0 Å². The van der Waals surface area contributed by atoms with E-state index < -0.39 is 74.6 Å². The van der Waals surface area contributed by atoms with Gasteiger partial charge in [-0.05, 0) is 0 Å². The molecular weight excluding hydrogens is 423 g/mol. The summed E-state index contributed by atoms with van der Waals surface area (Å²) in [5, 5.41) is 76.7. The van der Waals surface area contributed by atoms with Crippen molar-refractivity contribution in [1.82, 2.24) is 0 Å². The second-order valence-corrected chi connectivity index (χ2v) is 5.56. The zero-order chi connectivity index (χ0) is 17.4. The van der Waals surface area contributed by atoms with Gasteiger partial charge in [-0.3, -0.25) is 0 Å². The van der Waals surface area contributed by atoms with E-state index >= 15 is 0 Å². The number of hydrogen-bond acceptors (Lipinski definition) is 11. The van der Waals surface area contributed by atoms with Crippen LogP contribution in [-0.4, -0.2) is 115 Å². The average molecular weight is 445 g/mol.